The smallest absolute Gasteiger partial charge is 0.225 e. The Morgan fingerprint density at radius 2 is 2.05 bits per heavy atom. The highest BCUT2D eigenvalue weighted by Crippen LogP contribution is 2.16. The molecule has 0 atom stereocenters. The van der Waals surface area contributed by atoms with Crippen molar-refractivity contribution in [3.05, 3.63) is 35.4 Å². The van der Waals surface area contributed by atoms with Crippen LogP contribution in [0.2, 0.25) is 0 Å². The Bertz CT molecular complexity index is 416. The lowest BCUT2D eigenvalue weighted by molar-refractivity contribution is -0.135. The van der Waals surface area contributed by atoms with Gasteiger partial charge in [-0.05, 0) is 38.4 Å². The summed E-state index contributed by atoms with van der Waals surface area (Å²) < 4.78 is 0. The normalized spacial score (nSPS) is 15.7. The summed E-state index contributed by atoms with van der Waals surface area (Å²) in [6.45, 7) is 4.73. The predicted molar refractivity (Wildman–Crippen MR) is 80.5 cm³/mol. The van der Waals surface area contributed by atoms with Crippen LogP contribution in [-0.4, -0.2) is 30.9 Å². The van der Waals surface area contributed by atoms with Crippen molar-refractivity contribution in [2.75, 3.05) is 20.1 Å². The number of carbonyl (C=O) groups is 1. The Morgan fingerprint density at radius 3 is 2.68 bits per heavy atom. The number of benzene rings is 1. The second-order valence-electron chi connectivity index (χ2n) is 5.21. The Labute approximate surface area is 121 Å². The first kappa shape index (κ1) is 16.0. The Morgan fingerprint density at radius 1 is 1.37 bits per heavy atom. The number of halogens is 1. The molecular weight excluding hydrogens is 260 g/mol. The van der Waals surface area contributed by atoms with Crippen LogP contribution in [0.1, 0.15) is 24.0 Å². The van der Waals surface area contributed by atoms with Crippen LogP contribution in [-0.2, 0) is 11.3 Å². The fraction of sp³-hybridized carbons (Fsp3) is 0.533. The number of piperidine rings is 1. The molecule has 1 heterocycles. The van der Waals surface area contributed by atoms with Gasteiger partial charge in [0.15, 0.2) is 0 Å². The van der Waals surface area contributed by atoms with E-state index in [9.17, 15) is 4.79 Å². The van der Waals surface area contributed by atoms with Gasteiger partial charge >= 0.3 is 0 Å². The fourth-order valence-electron chi connectivity index (χ4n) is 2.54. The molecule has 0 bridgehead atoms. The summed E-state index contributed by atoms with van der Waals surface area (Å²) in [4.78, 5) is 14.2. The van der Waals surface area contributed by atoms with Gasteiger partial charge in [0.2, 0.25) is 5.91 Å². The van der Waals surface area contributed by atoms with Crippen LogP contribution >= 0.6 is 12.4 Å². The molecule has 0 aliphatic carbocycles. The number of nitrogens with one attached hydrogen (secondary N) is 1. The summed E-state index contributed by atoms with van der Waals surface area (Å²) in [5.41, 5.74) is 2.45. The first-order valence-corrected chi connectivity index (χ1v) is 6.68. The standard InChI is InChI=1S/C15H22N2O.ClH/c1-12-4-3-5-13(10-12)11-17(2)15(18)14-6-8-16-9-7-14;/h3-5,10,14,16H,6-9,11H2,1-2H3;1H. The van der Waals surface area contributed by atoms with Gasteiger partial charge in [0.25, 0.3) is 0 Å². The lowest BCUT2D eigenvalue weighted by Crippen LogP contribution is -2.38. The van der Waals surface area contributed by atoms with Crippen LogP contribution in [0.4, 0.5) is 0 Å². The molecule has 0 spiro atoms. The summed E-state index contributed by atoms with van der Waals surface area (Å²) >= 11 is 0. The minimum absolute atomic E-state index is 0. The summed E-state index contributed by atoms with van der Waals surface area (Å²) in [5.74, 6) is 0.499. The lowest BCUT2D eigenvalue weighted by Gasteiger charge is -2.27. The molecule has 0 aromatic heterocycles. The first-order chi connectivity index (χ1) is 8.66. The predicted octanol–water partition coefficient (Wildman–Crippen LogP) is 2.37. The van der Waals surface area contributed by atoms with E-state index in [2.05, 4.69) is 30.4 Å². The number of aryl methyl sites for hydroxylation is 1. The number of hydrogen-bond donors (Lipinski definition) is 1. The molecule has 1 aromatic carbocycles. The van der Waals surface area contributed by atoms with Crippen molar-refractivity contribution in [2.45, 2.75) is 26.3 Å². The van der Waals surface area contributed by atoms with Crippen molar-refractivity contribution in [3.8, 4) is 0 Å². The van der Waals surface area contributed by atoms with Crippen LogP contribution in [0.3, 0.4) is 0 Å². The van der Waals surface area contributed by atoms with E-state index in [-0.39, 0.29) is 24.2 Å². The van der Waals surface area contributed by atoms with Gasteiger partial charge in [-0.25, -0.2) is 0 Å². The Hall–Kier alpha value is -1.06. The summed E-state index contributed by atoms with van der Waals surface area (Å²) in [6.07, 6.45) is 1.94. The quantitative estimate of drug-likeness (QED) is 0.923. The Balaban J connectivity index is 0.00000180. The summed E-state index contributed by atoms with van der Waals surface area (Å²) in [7, 11) is 1.91. The van der Waals surface area contributed by atoms with Gasteiger partial charge in [-0.2, -0.15) is 0 Å². The van der Waals surface area contributed by atoms with Gasteiger partial charge in [0, 0.05) is 19.5 Å². The van der Waals surface area contributed by atoms with Crippen molar-refractivity contribution in [2.24, 2.45) is 5.92 Å². The second kappa shape index (κ2) is 7.51. The van der Waals surface area contributed by atoms with E-state index in [0.717, 1.165) is 25.9 Å². The Kier molecular flexibility index (Phi) is 6.32. The molecular formula is C15H23ClN2O. The number of amides is 1. The topological polar surface area (TPSA) is 32.3 Å². The molecule has 0 saturated carbocycles. The van der Waals surface area contributed by atoms with Crippen LogP contribution in [0.25, 0.3) is 0 Å². The molecule has 1 aromatic rings. The molecule has 0 unspecified atom stereocenters. The van der Waals surface area contributed by atoms with Gasteiger partial charge in [-0.1, -0.05) is 29.8 Å². The average molecular weight is 283 g/mol. The maximum atomic E-state index is 12.3. The minimum Gasteiger partial charge on any atom is -0.341 e. The maximum absolute atomic E-state index is 12.3. The van der Waals surface area contributed by atoms with Gasteiger partial charge < -0.3 is 10.2 Å². The average Bonchev–Trinajstić information content (AvgIpc) is 2.39. The molecule has 0 radical (unpaired) electrons. The zero-order valence-electron chi connectivity index (χ0n) is 11.7. The molecule has 1 aliphatic heterocycles. The van der Waals surface area contributed by atoms with Crippen molar-refractivity contribution >= 4 is 18.3 Å². The zero-order chi connectivity index (χ0) is 13.0. The third-order valence-corrected chi connectivity index (χ3v) is 3.57. The number of hydrogen-bond acceptors (Lipinski definition) is 2. The molecule has 1 saturated heterocycles. The third-order valence-electron chi connectivity index (χ3n) is 3.57. The number of nitrogens with zero attached hydrogens (tertiary/aromatic N) is 1. The van der Waals surface area contributed by atoms with Crippen LogP contribution < -0.4 is 5.32 Å². The molecule has 1 amide bonds. The fourth-order valence-corrected chi connectivity index (χ4v) is 2.54. The highest BCUT2D eigenvalue weighted by Gasteiger charge is 2.23. The van der Waals surface area contributed by atoms with Crippen LogP contribution in [0.15, 0.2) is 24.3 Å². The lowest BCUT2D eigenvalue weighted by atomic mass is 9.96. The minimum atomic E-state index is 0. The zero-order valence-corrected chi connectivity index (χ0v) is 12.5. The number of rotatable bonds is 3. The van der Waals surface area contributed by atoms with E-state index in [1.54, 1.807) is 0 Å². The first-order valence-electron chi connectivity index (χ1n) is 6.68. The largest absolute Gasteiger partial charge is 0.341 e. The van der Waals surface area contributed by atoms with Gasteiger partial charge in [-0.15, -0.1) is 12.4 Å². The molecule has 4 heteroatoms. The van der Waals surface area contributed by atoms with Crippen molar-refractivity contribution in [1.29, 1.82) is 0 Å². The molecule has 19 heavy (non-hydrogen) atoms. The van der Waals surface area contributed by atoms with Gasteiger partial charge in [-0.3, -0.25) is 4.79 Å². The van der Waals surface area contributed by atoms with E-state index in [1.165, 1.54) is 11.1 Å². The maximum Gasteiger partial charge on any atom is 0.225 e. The highest BCUT2D eigenvalue weighted by molar-refractivity contribution is 5.85. The number of carbonyl (C=O) groups excluding carboxylic acids is 1. The van der Waals surface area contributed by atoms with Crippen molar-refractivity contribution < 1.29 is 4.79 Å². The summed E-state index contributed by atoms with van der Waals surface area (Å²) in [5, 5.41) is 3.29. The second-order valence-corrected chi connectivity index (χ2v) is 5.21. The van der Waals surface area contributed by atoms with E-state index in [0.29, 0.717) is 6.54 Å². The monoisotopic (exact) mass is 282 g/mol. The van der Waals surface area contributed by atoms with Crippen molar-refractivity contribution in [1.82, 2.24) is 10.2 Å². The van der Waals surface area contributed by atoms with Gasteiger partial charge in [0.1, 0.15) is 0 Å². The molecule has 3 nitrogen and oxygen atoms in total. The van der Waals surface area contributed by atoms with E-state index < -0.39 is 0 Å². The van der Waals surface area contributed by atoms with Crippen LogP contribution in [0, 0.1) is 12.8 Å². The molecule has 2 rings (SSSR count). The van der Waals surface area contributed by atoms with Crippen LogP contribution in [0.5, 0.6) is 0 Å². The summed E-state index contributed by atoms with van der Waals surface area (Å²) in [6, 6.07) is 8.36. The highest BCUT2D eigenvalue weighted by atomic mass is 35.5. The van der Waals surface area contributed by atoms with E-state index in [4.69, 9.17) is 0 Å². The SMILES string of the molecule is Cc1cccc(CN(C)C(=O)C2CCNCC2)c1.Cl. The third kappa shape index (κ3) is 4.51. The van der Waals surface area contributed by atoms with E-state index >= 15 is 0 Å². The molecule has 1 aliphatic rings. The van der Waals surface area contributed by atoms with E-state index in [1.807, 2.05) is 18.0 Å². The molecule has 106 valence electrons. The molecule has 1 N–H and O–H groups in total. The molecule has 1 fully saturated rings. The van der Waals surface area contributed by atoms with Gasteiger partial charge in [0.05, 0.1) is 0 Å². The van der Waals surface area contributed by atoms with Crippen molar-refractivity contribution in [3.63, 3.8) is 0 Å².